The van der Waals surface area contributed by atoms with Crippen LogP contribution in [0.1, 0.15) is 19.8 Å². The molecule has 1 saturated heterocycles. The number of carbonyl (C=O) groups excluding carboxylic acids is 1. The molecule has 0 aromatic heterocycles. The highest BCUT2D eigenvalue weighted by atomic mass is 32.2. The Kier molecular flexibility index (Phi) is 3.66. The first-order valence-electron chi connectivity index (χ1n) is 4.14. The second-order valence-corrected chi connectivity index (χ2v) is 4.63. The Morgan fingerprint density at radius 2 is 2.33 bits per heavy atom. The summed E-state index contributed by atoms with van der Waals surface area (Å²) in [5, 5.41) is 1.25. The van der Waals surface area contributed by atoms with Crippen LogP contribution >= 0.6 is 11.8 Å². The van der Waals surface area contributed by atoms with Gasteiger partial charge in [-0.2, -0.15) is 11.8 Å². The molecule has 1 fully saturated rings. The van der Waals surface area contributed by atoms with Crippen molar-refractivity contribution in [3.8, 4) is 0 Å². The monoisotopic (exact) mass is 186 g/mol. The number of hydrogen-bond acceptors (Lipinski definition) is 3. The maximum absolute atomic E-state index is 10.7. The molecule has 0 N–H and O–H groups in total. The molecular formula is C9H14O2S. The zero-order valence-corrected chi connectivity index (χ0v) is 8.26. The zero-order valence-electron chi connectivity index (χ0n) is 7.45. The lowest BCUT2D eigenvalue weighted by atomic mass is 10.2. The normalized spacial score (nSPS) is 29.5. The van der Waals surface area contributed by atoms with Gasteiger partial charge < -0.3 is 4.74 Å². The minimum Gasteiger partial charge on any atom is -0.466 e. The number of carbonyl (C=O) groups is 1. The van der Waals surface area contributed by atoms with Crippen molar-refractivity contribution in [2.24, 2.45) is 0 Å². The SMILES string of the molecule is COC(=O)/C=C/C1CCC(C)S1. The van der Waals surface area contributed by atoms with Crippen LogP contribution in [0.5, 0.6) is 0 Å². The first-order valence-corrected chi connectivity index (χ1v) is 5.08. The molecule has 2 atom stereocenters. The van der Waals surface area contributed by atoms with Gasteiger partial charge in [0.15, 0.2) is 0 Å². The van der Waals surface area contributed by atoms with Gasteiger partial charge in [0.25, 0.3) is 0 Å². The van der Waals surface area contributed by atoms with Gasteiger partial charge in [-0.05, 0) is 12.8 Å². The van der Waals surface area contributed by atoms with E-state index in [1.54, 1.807) is 0 Å². The topological polar surface area (TPSA) is 26.3 Å². The smallest absolute Gasteiger partial charge is 0.330 e. The number of thioether (sulfide) groups is 1. The Bertz CT molecular complexity index is 189. The molecule has 1 aliphatic heterocycles. The van der Waals surface area contributed by atoms with E-state index in [0.29, 0.717) is 5.25 Å². The molecule has 0 aliphatic carbocycles. The lowest BCUT2D eigenvalue weighted by Gasteiger charge is -2.00. The molecule has 2 unspecified atom stereocenters. The quantitative estimate of drug-likeness (QED) is 0.487. The van der Waals surface area contributed by atoms with Gasteiger partial charge in [0, 0.05) is 16.6 Å². The van der Waals surface area contributed by atoms with Gasteiger partial charge in [-0.1, -0.05) is 13.0 Å². The second kappa shape index (κ2) is 4.55. The van der Waals surface area contributed by atoms with E-state index in [-0.39, 0.29) is 5.97 Å². The molecular weight excluding hydrogens is 172 g/mol. The highest BCUT2D eigenvalue weighted by Crippen LogP contribution is 2.33. The first kappa shape index (κ1) is 9.65. The minimum atomic E-state index is -0.254. The van der Waals surface area contributed by atoms with Gasteiger partial charge in [0.1, 0.15) is 0 Å². The second-order valence-electron chi connectivity index (χ2n) is 2.94. The van der Waals surface area contributed by atoms with Crippen LogP contribution in [0.15, 0.2) is 12.2 Å². The van der Waals surface area contributed by atoms with Gasteiger partial charge in [-0.3, -0.25) is 0 Å². The summed E-state index contributed by atoms with van der Waals surface area (Å²) in [7, 11) is 1.40. The minimum absolute atomic E-state index is 0.254. The summed E-state index contributed by atoms with van der Waals surface area (Å²) in [6.07, 6.45) is 5.90. The number of rotatable bonds is 2. The molecule has 0 spiro atoms. The van der Waals surface area contributed by atoms with Crippen molar-refractivity contribution in [2.45, 2.75) is 30.3 Å². The largest absolute Gasteiger partial charge is 0.466 e. The van der Waals surface area contributed by atoms with Gasteiger partial charge >= 0.3 is 5.97 Å². The maximum Gasteiger partial charge on any atom is 0.330 e. The van der Waals surface area contributed by atoms with Gasteiger partial charge in [0.05, 0.1) is 7.11 Å². The molecule has 0 aromatic rings. The average molecular weight is 186 g/mol. The summed E-state index contributed by atoms with van der Waals surface area (Å²) in [6, 6.07) is 0. The van der Waals surface area contributed by atoms with E-state index in [2.05, 4.69) is 11.7 Å². The van der Waals surface area contributed by atoms with Crippen molar-refractivity contribution in [3.05, 3.63) is 12.2 Å². The summed E-state index contributed by atoms with van der Waals surface area (Å²) < 4.78 is 4.50. The summed E-state index contributed by atoms with van der Waals surface area (Å²) in [4.78, 5) is 10.7. The van der Waals surface area contributed by atoms with Crippen LogP contribution in [0.2, 0.25) is 0 Å². The zero-order chi connectivity index (χ0) is 8.97. The first-order chi connectivity index (χ1) is 5.72. The van der Waals surface area contributed by atoms with E-state index >= 15 is 0 Å². The standard InChI is InChI=1S/C9H14O2S/c1-7-3-4-8(12-7)5-6-9(10)11-2/h5-8H,3-4H2,1-2H3/b6-5+. The van der Waals surface area contributed by atoms with Gasteiger partial charge in [-0.15, -0.1) is 0 Å². The fourth-order valence-corrected chi connectivity index (χ4v) is 2.54. The molecule has 68 valence electrons. The van der Waals surface area contributed by atoms with Crippen molar-refractivity contribution in [1.82, 2.24) is 0 Å². The molecule has 2 nitrogen and oxygen atoms in total. The van der Waals surface area contributed by atoms with Gasteiger partial charge in [0.2, 0.25) is 0 Å². The predicted molar refractivity (Wildman–Crippen MR) is 51.2 cm³/mol. The van der Waals surface area contributed by atoms with E-state index in [4.69, 9.17) is 0 Å². The molecule has 0 aromatic carbocycles. The van der Waals surface area contributed by atoms with Crippen LogP contribution in [0, 0.1) is 0 Å². The lowest BCUT2D eigenvalue weighted by molar-refractivity contribution is -0.134. The molecule has 0 saturated carbocycles. The van der Waals surface area contributed by atoms with Crippen LogP contribution in [0.25, 0.3) is 0 Å². The molecule has 1 rings (SSSR count). The fraction of sp³-hybridized carbons (Fsp3) is 0.667. The van der Waals surface area contributed by atoms with E-state index < -0.39 is 0 Å². The van der Waals surface area contributed by atoms with Crippen molar-refractivity contribution < 1.29 is 9.53 Å². The van der Waals surface area contributed by atoms with Crippen molar-refractivity contribution in [2.75, 3.05) is 7.11 Å². The summed E-state index contributed by atoms with van der Waals surface area (Å²) in [5.74, 6) is -0.254. The Hall–Kier alpha value is -0.440. The lowest BCUT2D eigenvalue weighted by Crippen LogP contribution is -1.97. The highest BCUT2D eigenvalue weighted by Gasteiger charge is 2.19. The molecule has 1 heterocycles. The van der Waals surface area contributed by atoms with Crippen LogP contribution in [-0.2, 0) is 9.53 Å². The third-order valence-corrected chi connectivity index (χ3v) is 3.36. The molecule has 0 radical (unpaired) electrons. The molecule has 1 aliphatic rings. The van der Waals surface area contributed by atoms with E-state index in [1.807, 2.05) is 17.8 Å². The van der Waals surface area contributed by atoms with E-state index in [0.717, 1.165) is 5.25 Å². The third-order valence-electron chi connectivity index (χ3n) is 1.91. The Balaban J connectivity index is 2.31. The van der Waals surface area contributed by atoms with Crippen LogP contribution in [0.3, 0.4) is 0 Å². The van der Waals surface area contributed by atoms with Crippen LogP contribution < -0.4 is 0 Å². The highest BCUT2D eigenvalue weighted by molar-refractivity contribution is 8.00. The number of methoxy groups -OCH3 is 1. The average Bonchev–Trinajstić information content (AvgIpc) is 2.47. The Morgan fingerprint density at radius 1 is 1.58 bits per heavy atom. The van der Waals surface area contributed by atoms with Crippen molar-refractivity contribution >= 4 is 17.7 Å². The van der Waals surface area contributed by atoms with Crippen LogP contribution in [-0.4, -0.2) is 23.6 Å². The van der Waals surface area contributed by atoms with E-state index in [9.17, 15) is 4.79 Å². The summed E-state index contributed by atoms with van der Waals surface area (Å²) in [6.45, 7) is 2.22. The summed E-state index contributed by atoms with van der Waals surface area (Å²) in [5.41, 5.74) is 0. The van der Waals surface area contributed by atoms with Gasteiger partial charge in [-0.25, -0.2) is 4.79 Å². The molecule has 3 heteroatoms. The molecule has 12 heavy (non-hydrogen) atoms. The third kappa shape index (κ3) is 2.89. The Labute approximate surface area is 77.4 Å². The van der Waals surface area contributed by atoms with Crippen molar-refractivity contribution in [3.63, 3.8) is 0 Å². The summed E-state index contributed by atoms with van der Waals surface area (Å²) >= 11 is 1.92. The van der Waals surface area contributed by atoms with Crippen molar-refractivity contribution in [1.29, 1.82) is 0 Å². The number of hydrogen-bond donors (Lipinski definition) is 0. The van der Waals surface area contributed by atoms with E-state index in [1.165, 1.54) is 26.0 Å². The predicted octanol–water partition coefficient (Wildman–Crippen LogP) is 2.00. The number of ether oxygens (including phenoxy) is 1. The fourth-order valence-electron chi connectivity index (χ4n) is 1.23. The molecule has 0 bridgehead atoms. The number of esters is 1. The maximum atomic E-state index is 10.7. The Morgan fingerprint density at radius 3 is 2.83 bits per heavy atom. The molecule has 0 amide bonds. The van der Waals surface area contributed by atoms with Crippen LogP contribution in [0.4, 0.5) is 0 Å².